The van der Waals surface area contributed by atoms with Crippen LogP contribution >= 0.6 is 15.9 Å². The highest BCUT2D eigenvalue weighted by atomic mass is 79.9. The highest BCUT2D eigenvalue weighted by molar-refractivity contribution is 9.10. The van der Waals surface area contributed by atoms with Gasteiger partial charge in [-0.15, -0.1) is 0 Å². The van der Waals surface area contributed by atoms with E-state index in [1.807, 2.05) is 12.1 Å². The molecule has 15 heteroatoms. The standard InChI is InChI=1S/C28H35BrN8O4S2/c1-36-13-4-14-37(16-15-36)26-12-7-19(17-25(26)35-43(40,41)21-10-11-21)31-28-30-18-22(29)27(33-28)32-23-5-2-3-6-24(23)34-42(38,39)20-8-9-20/h2-3,5-7,12,17-18,20-21,34-35H,4,8-11,13-16H2,1H3,(H2,30,31,32,33). The summed E-state index contributed by atoms with van der Waals surface area (Å²) in [5.74, 6) is 0.706. The molecule has 6 rings (SSSR count). The fourth-order valence-corrected chi connectivity index (χ4v) is 8.03. The van der Waals surface area contributed by atoms with Gasteiger partial charge in [0.2, 0.25) is 26.0 Å². The van der Waals surface area contributed by atoms with E-state index in [-0.39, 0.29) is 16.4 Å². The van der Waals surface area contributed by atoms with Crippen molar-refractivity contribution in [3.05, 3.63) is 53.1 Å². The number of para-hydroxylation sites is 2. The summed E-state index contributed by atoms with van der Waals surface area (Å²) in [6.07, 6.45) is 5.25. The first kappa shape index (κ1) is 29.9. The van der Waals surface area contributed by atoms with Crippen LogP contribution in [0.4, 0.5) is 40.2 Å². The molecule has 2 heterocycles. The first-order chi connectivity index (χ1) is 20.6. The maximum atomic E-state index is 13.0. The van der Waals surface area contributed by atoms with Crippen LogP contribution in [0.25, 0.3) is 0 Å². The second-order valence-corrected chi connectivity index (χ2v) is 16.0. The summed E-state index contributed by atoms with van der Waals surface area (Å²) in [6, 6.07) is 12.6. The van der Waals surface area contributed by atoms with Crippen LogP contribution in [0.3, 0.4) is 0 Å². The van der Waals surface area contributed by atoms with Crippen molar-refractivity contribution in [3.63, 3.8) is 0 Å². The van der Waals surface area contributed by atoms with Crippen molar-refractivity contribution in [1.82, 2.24) is 14.9 Å². The lowest BCUT2D eigenvalue weighted by Gasteiger charge is -2.26. The maximum absolute atomic E-state index is 13.0. The Morgan fingerprint density at radius 3 is 2.19 bits per heavy atom. The zero-order chi connectivity index (χ0) is 30.2. The molecule has 0 unspecified atom stereocenters. The van der Waals surface area contributed by atoms with E-state index >= 15 is 0 Å². The second-order valence-electron chi connectivity index (χ2n) is 11.3. The van der Waals surface area contributed by atoms with E-state index in [9.17, 15) is 16.8 Å². The van der Waals surface area contributed by atoms with E-state index in [4.69, 9.17) is 0 Å². The molecule has 0 spiro atoms. The molecule has 1 saturated heterocycles. The average molecular weight is 692 g/mol. The van der Waals surface area contributed by atoms with Crippen molar-refractivity contribution < 1.29 is 16.8 Å². The van der Waals surface area contributed by atoms with E-state index in [1.54, 1.807) is 36.5 Å². The first-order valence-corrected chi connectivity index (χ1v) is 18.2. The highest BCUT2D eigenvalue weighted by Crippen LogP contribution is 2.37. The van der Waals surface area contributed by atoms with Crippen molar-refractivity contribution >= 4 is 76.2 Å². The number of halogens is 1. The Labute approximate surface area is 260 Å². The molecule has 0 radical (unpaired) electrons. The number of nitrogens with zero attached hydrogens (tertiary/aromatic N) is 4. The molecule has 0 bridgehead atoms. The Kier molecular flexibility index (Phi) is 8.41. The summed E-state index contributed by atoms with van der Waals surface area (Å²) < 4.78 is 57.2. The summed E-state index contributed by atoms with van der Waals surface area (Å²) in [5, 5.41) is 5.69. The summed E-state index contributed by atoms with van der Waals surface area (Å²) in [5.41, 5.74) is 2.96. The van der Waals surface area contributed by atoms with Gasteiger partial charge in [0.25, 0.3) is 0 Å². The number of sulfonamides is 2. The molecule has 2 saturated carbocycles. The third kappa shape index (κ3) is 7.33. The van der Waals surface area contributed by atoms with E-state index in [2.05, 4.69) is 62.8 Å². The predicted molar refractivity (Wildman–Crippen MR) is 175 cm³/mol. The topological polar surface area (TPSA) is 149 Å². The van der Waals surface area contributed by atoms with Gasteiger partial charge < -0.3 is 20.4 Å². The van der Waals surface area contributed by atoms with Gasteiger partial charge >= 0.3 is 0 Å². The van der Waals surface area contributed by atoms with Crippen LogP contribution < -0.4 is 25.0 Å². The average Bonchev–Trinajstić information content (AvgIpc) is 3.84. The molecule has 2 aliphatic carbocycles. The third-order valence-electron chi connectivity index (χ3n) is 7.67. The Hall–Kier alpha value is -3.14. The van der Waals surface area contributed by atoms with Crippen LogP contribution in [0.5, 0.6) is 0 Å². The molecule has 1 aliphatic heterocycles. The second kappa shape index (κ2) is 12.1. The van der Waals surface area contributed by atoms with Crippen LogP contribution in [0.15, 0.2) is 53.1 Å². The van der Waals surface area contributed by atoms with Gasteiger partial charge in [-0.05, 0) is 92.0 Å². The zero-order valence-electron chi connectivity index (χ0n) is 23.8. The number of anilines is 7. The summed E-state index contributed by atoms with van der Waals surface area (Å²) >= 11 is 3.48. The number of benzene rings is 2. The quantitative estimate of drug-likeness (QED) is 0.224. The van der Waals surface area contributed by atoms with Gasteiger partial charge in [-0.3, -0.25) is 9.44 Å². The molecule has 3 aliphatic rings. The van der Waals surface area contributed by atoms with Crippen LogP contribution in [0.2, 0.25) is 0 Å². The van der Waals surface area contributed by atoms with Crippen molar-refractivity contribution in [2.24, 2.45) is 0 Å². The summed E-state index contributed by atoms with van der Waals surface area (Å²) in [7, 11) is -4.84. The van der Waals surface area contributed by atoms with Gasteiger partial charge in [-0.2, -0.15) is 4.98 Å². The normalized spacial score (nSPS) is 18.1. The number of hydrogen-bond donors (Lipinski definition) is 4. The van der Waals surface area contributed by atoms with Crippen molar-refractivity contribution in [1.29, 1.82) is 0 Å². The van der Waals surface area contributed by atoms with E-state index in [0.29, 0.717) is 58.7 Å². The SMILES string of the molecule is CN1CCCN(c2ccc(Nc3ncc(Br)c(Nc4ccccc4NS(=O)(=O)C4CC4)n3)cc2NS(=O)(=O)C2CC2)CC1. The molecule has 3 fully saturated rings. The van der Waals surface area contributed by atoms with Crippen LogP contribution in [0.1, 0.15) is 32.1 Å². The molecule has 3 aromatic rings. The van der Waals surface area contributed by atoms with Gasteiger partial charge in [0.05, 0.1) is 37.7 Å². The molecule has 0 amide bonds. The van der Waals surface area contributed by atoms with Gasteiger partial charge in [-0.1, -0.05) is 12.1 Å². The number of likely N-dealkylation sites (N-methyl/N-ethyl adjacent to an activating group) is 1. The number of aromatic nitrogens is 2. The fraction of sp³-hybridized carbons (Fsp3) is 0.429. The first-order valence-electron chi connectivity index (χ1n) is 14.3. The maximum Gasteiger partial charge on any atom is 0.235 e. The number of nitrogens with one attached hydrogen (secondary N) is 4. The molecule has 1 aromatic heterocycles. The molecule has 4 N–H and O–H groups in total. The van der Waals surface area contributed by atoms with Gasteiger partial charge in [0.15, 0.2) is 0 Å². The lowest BCUT2D eigenvalue weighted by molar-refractivity contribution is 0.360. The van der Waals surface area contributed by atoms with Crippen LogP contribution in [-0.4, -0.2) is 75.4 Å². The summed E-state index contributed by atoms with van der Waals surface area (Å²) in [6.45, 7) is 3.51. The molecule has 43 heavy (non-hydrogen) atoms. The Bertz CT molecular complexity index is 1720. The highest BCUT2D eigenvalue weighted by Gasteiger charge is 2.37. The smallest absolute Gasteiger partial charge is 0.235 e. The monoisotopic (exact) mass is 690 g/mol. The minimum Gasteiger partial charge on any atom is -0.369 e. The lowest BCUT2D eigenvalue weighted by atomic mass is 10.2. The van der Waals surface area contributed by atoms with Gasteiger partial charge in [-0.25, -0.2) is 21.8 Å². The molecule has 0 atom stereocenters. The van der Waals surface area contributed by atoms with Crippen molar-refractivity contribution in [2.75, 3.05) is 58.2 Å². The molecule has 12 nitrogen and oxygen atoms in total. The molecular weight excluding hydrogens is 656 g/mol. The van der Waals surface area contributed by atoms with Crippen molar-refractivity contribution in [3.8, 4) is 0 Å². The van der Waals surface area contributed by atoms with Gasteiger partial charge in [0.1, 0.15) is 5.82 Å². The molecular formula is C28H35BrN8O4S2. The van der Waals surface area contributed by atoms with E-state index < -0.39 is 20.0 Å². The Balaban J connectivity index is 1.25. The van der Waals surface area contributed by atoms with Crippen LogP contribution in [-0.2, 0) is 20.0 Å². The van der Waals surface area contributed by atoms with Crippen molar-refractivity contribution in [2.45, 2.75) is 42.6 Å². The zero-order valence-corrected chi connectivity index (χ0v) is 27.0. The predicted octanol–water partition coefficient (Wildman–Crippen LogP) is 4.68. The van der Waals surface area contributed by atoms with E-state index in [0.717, 1.165) is 38.3 Å². The fourth-order valence-electron chi connectivity index (χ4n) is 4.94. The largest absolute Gasteiger partial charge is 0.369 e. The Morgan fingerprint density at radius 2 is 1.49 bits per heavy atom. The molecule has 2 aromatic carbocycles. The molecule has 230 valence electrons. The third-order valence-corrected chi connectivity index (χ3v) is 12.0. The number of rotatable bonds is 11. The minimum absolute atomic E-state index is 0.280. The van der Waals surface area contributed by atoms with E-state index in [1.165, 1.54) is 0 Å². The minimum atomic E-state index is -3.49. The summed E-state index contributed by atoms with van der Waals surface area (Å²) in [4.78, 5) is 13.5. The van der Waals surface area contributed by atoms with Gasteiger partial charge in [0, 0.05) is 31.5 Å². The Morgan fingerprint density at radius 1 is 0.814 bits per heavy atom. The number of hydrogen-bond acceptors (Lipinski definition) is 10. The lowest BCUT2D eigenvalue weighted by Crippen LogP contribution is -2.30. The van der Waals surface area contributed by atoms with Crippen LogP contribution in [0, 0.1) is 0 Å².